The number of ether oxygens (including phenoxy) is 2. The molecule has 1 N–H and O–H groups in total. The van der Waals surface area contributed by atoms with Gasteiger partial charge in [-0.3, -0.25) is 5.41 Å². The van der Waals surface area contributed by atoms with E-state index in [0.717, 1.165) is 0 Å². The third-order valence-corrected chi connectivity index (χ3v) is 1.55. The molecule has 0 aliphatic heterocycles. The summed E-state index contributed by atoms with van der Waals surface area (Å²) in [7, 11) is 0. The highest BCUT2D eigenvalue weighted by Gasteiger charge is 2.09. The molecule has 0 fully saturated rings. The summed E-state index contributed by atoms with van der Waals surface area (Å²) < 4.78 is 21.5. The molecule has 0 aliphatic carbocycles. The van der Waals surface area contributed by atoms with E-state index < -0.39 is 12.0 Å². The fourth-order valence-electron chi connectivity index (χ4n) is 0.891. The van der Waals surface area contributed by atoms with Crippen molar-refractivity contribution in [3.05, 3.63) is 35.6 Å². The van der Waals surface area contributed by atoms with Gasteiger partial charge >= 0.3 is 6.16 Å². The van der Waals surface area contributed by atoms with Gasteiger partial charge in [-0.05, 0) is 31.2 Å². The topological polar surface area (TPSA) is 59.4 Å². The fraction of sp³-hybridized carbons (Fsp3) is 0.200. The largest absolute Gasteiger partial charge is 0.515 e. The molecule has 0 amide bonds. The zero-order chi connectivity index (χ0) is 11.3. The Morgan fingerprint density at radius 1 is 1.38 bits per heavy atom. The lowest BCUT2D eigenvalue weighted by atomic mass is 10.2. The smallest absolute Gasteiger partial charge is 0.434 e. The van der Waals surface area contributed by atoms with Gasteiger partial charge in [-0.25, -0.2) is 9.18 Å². The monoisotopic (exact) mass is 247 g/mol. The van der Waals surface area contributed by atoms with Gasteiger partial charge in [0.1, 0.15) is 5.82 Å². The number of carbonyl (C=O) groups excluding carboxylic acids is 1. The van der Waals surface area contributed by atoms with Crippen molar-refractivity contribution in [3.63, 3.8) is 0 Å². The molecule has 0 radical (unpaired) electrons. The summed E-state index contributed by atoms with van der Waals surface area (Å²) in [6, 6.07) is 5.05. The molecule has 0 aromatic heterocycles. The van der Waals surface area contributed by atoms with Crippen LogP contribution in [0.4, 0.5) is 9.18 Å². The Kier molecular flexibility index (Phi) is 6.10. The lowest BCUT2D eigenvalue weighted by Gasteiger charge is -2.04. The molecule has 1 aromatic carbocycles. The minimum atomic E-state index is -0.938. The van der Waals surface area contributed by atoms with Gasteiger partial charge < -0.3 is 9.47 Å². The molecule has 0 saturated carbocycles. The maximum absolute atomic E-state index is 12.5. The Labute approximate surface area is 98.3 Å². The second kappa shape index (κ2) is 6.79. The van der Waals surface area contributed by atoms with Gasteiger partial charge in [0.15, 0.2) is 0 Å². The molecular weight excluding hydrogens is 237 g/mol. The molecule has 0 saturated heterocycles. The minimum Gasteiger partial charge on any atom is -0.434 e. The van der Waals surface area contributed by atoms with Crippen LogP contribution in [0.5, 0.6) is 0 Å². The van der Waals surface area contributed by atoms with Crippen LogP contribution in [-0.2, 0) is 9.47 Å². The lowest BCUT2D eigenvalue weighted by Crippen LogP contribution is -2.13. The van der Waals surface area contributed by atoms with E-state index >= 15 is 0 Å². The van der Waals surface area contributed by atoms with E-state index in [1.54, 1.807) is 6.92 Å². The molecule has 0 bridgehead atoms. The SMILES string of the molecule is CCOC(=O)OC(=N)c1ccc(F)cc1.Cl. The van der Waals surface area contributed by atoms with Crippen LogP contribution in [0.25, 0.3) is 0 Å². The first kappa shape index (κ1) is 14.4. The van der Waals surface area contributed by atoms with Crippen molar-refractivity contribution in [3.8, 4) is 0 Å². The summed E-state index contributed by atoms with van der Waals surface area (Å²) in [6.45, 7) is 1.80. The highest BCUT2D eigenvalue weighted by atomic mass is 35.5. The Morgan fingerprint density at radius 2 is 1.94 bits per heavy atom. The highest BCUT2D eigenvalue weighted by Crippen LogP contribution is 2.04. The quantitative estimate of drug-likeness (QED) is 0.497. The first-order valence-electron chi connectivity index (χ1n) is 4.32. The molecule has 0 unspecified atom stereocenters. The molecule has 0 spiro atoms. The van der Waals surface area contributed by atoms with Crippen molar-refractivity contribution in [2.45, 2.75) is 6.92 Å². The summed E-state index contributed by atoms with van der Waals surface area (Å²) in [5.74, 6) is -0.781. The number of hydrogen-bond acceptors (Lipinski definition) is 4. The van der Waals surface area contributed by atoms with Gasteiger partial charge in [-0.2, -0.15) is 0 Å². The summed E-state index contributed by atoms with van der Waals surface area (Å²) in [5.41, 5.74) is 0.310. The van der Waals surface area contributed by atoms with Gasteiger partial charge in [0.25, 0.3) is 0 Å². The van der Waals surface area contributed by atoms with Gasteiger partial charge in [0.2, 0.25) is 5.90 Å². The first-order valence-corrected chi connectivity index (χ1v) is 4.32. The Hall–Kier alpha value is -1.62. The van der Waals surface area contributed by atoms with Crippen LogP contribution in [-0.4, -0.2) is 18.7 Å². The van der Waals surface area contributed by atoms with E-state index in [-0.39, 0.29) is 24.9 Å². The number of rotatable bonds is 2. The maximum Gasteiger partial charge on any atom is 0.515 e. The average molecular weight is 248 g/mol. The van der Waals surface area contributed by atoms with Gasteiger partial charge in [0, 0.05) is 5.56 Å². The van der Waals surface area contributed by atoms with Crippen LogP contribution >= 0.6 is 12.4 Å². The second-order valence-corrected chi connectivity index (χ2v) is 2.62. The molecular formula is C10H11ClFNO3. The highest BCUT2D eigenvalue weighted by molar-refractivity contribution is 5.97. The molecule has 1 rings (SSSR count). The summed E-state index contributed by atoms with van der Waals surface area (Å²) in [4.78, 5) is 10.8. The number of benzene rings is 1. The van der Waals surface area contributed by atoms with Crippen molar-refractivity contribution < 1.29 is 18.7 Å². The van der Waals surface area contributed by atoms with Crippen LogP contribution in [0.1, 0.15) is 12.5 Å². The Balaban J connectivity index is 0.00000225. The first-order chi connectivity index (χ1) is 7.13. The third-order valence-electron chi connectivity index (χ3n) is 1.55. The van der Waals surface area contributed by atoms with Crippen LogP contribution in [0.2, 0.25) is 0 Å². The number of carbonyl (C=O) groups is 1. The average Bonchev–Trinajstić information content (AvgIpc) is 2.18. The molecule has 6 heteroatoms. The number of nitrogens with one attached hydrogen (secondary N) is 1. The molecule has 16 heavy (non-hydrogen) atoms. The van der Waals surface area contributed by atoms with Crippen LogP contribution in [0.15, 0.2) is 24.3 Å². The summed E-state index contributed by atoms with van der Waals surface area (Å²) in [5, 5.41) is 7.36. The Bertz CT molecular complexity index is 367. The van der Waals surface area contributed by atoms with E-state index in [1.165, 1.54) is 24.3 Å². The molecule has 0 atom stereocenters. The Morgan fingerprint density at radius 3 is 2.44 bits per heavy atom. The van der Waals surface area contributed by atoms with E-state index in [1.807, 2.05) is 0 Å². The fourth-order valence-corrected chi connectivity index (χ4v) is 0.891. The van der Waals surface area contributed by atoms with Gasteiger partial charge in [0.05, 0.1) is 6.61 Å². The molecule has 0 heterocycles. The lowest BCUT2D eigenvalue weighted by molar-refractivity contribution is 0.100. The predicted octanol–water partition coefficient (Wildman–Crippen LogP) is 2.75. The zero-order valence-corrected chi connectivity index (χ0v) is 9.34. The van der Waals surface area contributed by atoms with Crippen LogP contribution in [0.3, 0.4) is 0 Å². The minimum absolute atomic E-state index is 0. The van der Waals surface area contributed by atoms with E-state index in [2.05, 4.69) is 9.47 Å². The van der Waals surface area contributed by atoms with Crippen molar-refractivity contribution in [2.24, 2.45) is 0 Å². The van der Waals surface area contributed by atoms with Crippen molar-refractivity contribution in [1.82, 2.24) is 0 Å². The third kappa shape index (κ3) is 4.27. The standard InChI is InChI=1S/C10H10FNO3.ClH/c1-2-14-10(13)15-9(12)7-3-5-8(11)6-4-7;/h3-6,12H,2H2,1H3;1H. The van der Waals surface area contributed by atoms with Crippen molar-refractivity contribution >= 4 is 24.5 Å². The van der Waals surface area contributed by atoms with E-state index in [0.29, 0.717) is 5.56 Å². The molecule has 1 aromatic rings. The van der Waals surface area contributed by atoms with E-state index in [9.17, 15) is 9.18 Å². The van der Waals surface area contributed by atoms with Crippen LogP contribution in [0, 0.1) is 11.2 Å². The molecule has 4 nitrogen and oxygen atoms in total. The predicted molar refractivity (Wildman–Crippen MR) is 58.6 cm³/mol. The van der Waals surface area contributed by atoms with Crippen molar-refractivity contribution in [1.29, 1.82) is 5.41 Å². The molecule has 88 valence electrons. The number of hydrogen-bond donors (Lipinski definition) is 1. The van der Waals surface area contributed by atoms with Gasteiger partial charge in [-0.15, -0.1) is 12.4 Å². The second-order valence-electron chi connectivity index (χ2n) is 2.62. The van der Waals surface area contributed by atoms with Gasteiger partial charge in [-0.1, -0.05) is 0 Å². The summed E-state index contributed by atoms with van der Waals surface area (Å²) >= 11 is 0. The van der Waals surface area contributed by atoms with Crippen LogP contribution < -0.4 is 0 Å². The van der Waals surface area contributed by atoms with Crippen molar-refractivity contribution in [2.75, 3.05) is 6.61 Å². The zero-order valence-electron chi connectivity index (χ0n) is 8.53. The summed E-state index contributed by atoms with van der Waals surface area (Å²) in [6.07, 6.45) is -0.938. The normalized spacial score (nSPS) is 8.88. The molecule has 0 aliphatic rings. The van der Waals surface area contributed by atoms with E-state index in [4.69, 9.17) is 5.41 Å². The number of halogens is 2. The maximum atomic E-state index is 12.5.